The summed E-state index contributed by atoms with van der Waals surface area (Å²) in [6, 6.07) is 6.19. The number of hydrogen-bond acceptors (Lipinski definition) is 6. The molecule has 9 heteroatoms. The highest BCUT2D eigenvalue weighted by Crippen LogP contribution is 2.26. The molecule has 0 aromatic heterocycles. The fourth-order valence-electron chi connectivity index (χ4n) is 3.43. The smallest absolute Gasteiger partial charge is 0.123 e. The van der Waals surface area contributed by atoms with Crippen molar-refractivity contribution in [1.29, 1.82) is 0 Å². The van der Waals surface area contributed by atoms with E-state index < -0.39 is 12.2 Å². The number of rotatable bonds is 6. The standard InChI is InChI=1S/C17H25FN2O4.2ClH/c18-13-3-1-12(2-4-13)9-19-10-14-16(17(22)15(11-21)24-14)20-5-7-23-8-6-20;;/h1-4,14-17,19,21-22H,5-11H2;2*1H/t14-,15+,16+,17-;;/m1../s1. The second-order valence-corrected chi connectivity index (χ2v) is 6.28. The number of nitrogens with zero attached hydrogens (tertiary/aromatic N) is 1. The van der Waals surface area contributed by atoms with Crippen LogP contribution in [0.25, 0.3) is 0 Å². The van der Waals surface area contributed by atoms with Crippen LogP contribution in [0.5, 0.6) is 0 Å². The molecular weight excluding hydrogens is 386 g/mol. The summed E-state index contributed by atoms with van der Waals surface area (Å²) < 4.78 is 24.1. The maximum atomic E-state index is 12.9. The molecule has 2 aliphatic heterocycles. The van der Waals surface area contributed by atoms with Gasteiger partial charge in [-0.25, -0.2) is 4.39 Å². The molecule has 2 saturated heterocycles. The third-order valence-electron chi connectivity index (χ3n) is 4.70. The minimum absolute atomic E-state index is 0. The normalized spacial score (nSPS) is 29.0. The van der Waals surface area contributed by atoms with E-state index in [1.807, 2.05) is 0 Å². The lowest BCUT2D eigenvalue weighted by molar-refractivity contribution is -0.0225. The van der Waals surface area contributed by atoms with E-state index in [0.29, 0.717) is 26.3 Å². The van der Waals surface area contributed by atoms with Crippen LogP contribution in [0.4, 0.5) is 4.39 Å². The van der Waals surface area contributed by atoms with Crippen molar-refractivity contribution in [2.75, 3.05) is 39.5 Å². The van der Waals surface area contributed by atoms with Crippen molar-refractivity contribution < 1.29 is 24.1 Å². The summed E-state index contributed by atoms with van der Waals surface area (Å²) in [7, 11) is 0. The molecule has 0 amide bonds. The quantitative estimate of drug-likeness (QED) is 0.634. The number of morpholine rings is 1. The lowest BCUT2D eigenvalue weighted by atomic mass is 10.0. The van der Waals surface area contributed by atoms with Gasteiger partial charge in [-0.1, -0.05) is 12.1 Å². The molecule has 0 unspecified atom stereocenters. The summed E-state index contributed by atoms with van der Waals surface area (Å²) in [4.78, 5) is 2.17. The maximum absolute atomic E-state index is 12.9. The van der Waals surface area contributed by atoms with Crippen molar-refractivity contribution in [3.8, 4) is 0 Å². The summed E-state index contributed by atoms with van der Waals surface area (Å²) in [5.74, 6) is -0.251. The molecule has 0 bridgehead atoms. The lowest BCUT2D eigenvalue weighted by Crippen LogP contribution is -2.54. The van der Waals surface area contributed by atoms with Crippen molar-refractivity contribution in [2.45, 2.75) is 30.9 Å². The van der Waals surface area contributed by atoms with Crippen LogP contribution in [0.3, 0.4) is 0 Å². The van der Waals surface area contributed by atoms with Gasteiger partial charge in [-0.3, -0.25) is 4.90 Å². The molecule has 2 aliphatic rings. The highest BCUT2D eigenvalue weighted by atomic mass is 35.5. The van der Waals surface area contributed by atoms with Crippen LogP contribution >= 0.6 is 24.8 Å². The van der Waals surface area contributed by atoms with Crippen molar-refractivity contribution >= 4 is 24.8 Å². The summed E-state index contributed by atoms with van der Waals surface area (Å²) in [5, 5.41) is 23.2. The highest BCUT2D eigenvalue weighted by Gasteiger charge is 2.46. The molecule has 0 spiro atoms. The Balaban J connectivity index is 0.00000169. The molecule has 6 nitrogen and oxygen atoms in total. The number of aliphatic hydroxyl groups is 2. The predicted molar refractivity (Wildman–Crippen MR) is 101 cm³/mol. The number of aliphatic hydroxyl groups excluding tert-OH is 2. The van der Waals surface area contributed by atoms with Crippen molar-refractivity contribution in [2.24, 2.45) is 0 Å². The number of halogens is 3. The Bertz CT molecular complexity index is 520. The van der Waals surface area contributed by atoms with Gasteiger partial charge in [0.2, 0.25) is 0 Å². The zero-order valence-corrected chi connectivity index (χ0v) is 16.1. The molecule has 0 saturated carbocycles. The van der Waals surface area contributed by atoms with Crippen LogP contribution in [-0.2, 0) is 16.0 Å². The second-order valence-electron chi connectivity index (χ2n) is 6.28. The second kappa shape index (κ2) is 11.4. The average Bonchev–Trinajstić information content (AvgIpc) is 2.93. The first kappa shape index (κ1) is 23.5. The molecule has 2 heterocycles. The largest absolute Gasteiger partial charge is 0.394 e. The van der Waals surface area contributed by atoms with Gasteiger partial charge >= 0.3 is 0 Å². The zero-order chi connectivity index (χ0) is 16.9. The van der Waals surface area contributed by atoms with E-state index in [1.165, 1.54) is 12.1 Å². The van der Waals surface area contributed by atoms with Gasteiger partial charge in [-0.2, -0.15) is 0 Å². The van der Waals surface area contributed by atoms with Crippen LogP contribution in [0.15, 0.2) is 24.3 Å². The Morgan fingerprint density at radius 1 is 1.12 bits per heavy atom. The number of benzene rings is 1. The number of ether oxygens (including phenoxy) is 2. The van der Waals surface area contributed by atoms with Crippen molar-refractivity contribution in [1.82, 2.24) is 10.2 Å². The van der Waals surface area contributed by atoms with Gasteiger partial charge in [0.1, 0.15) is 18.0 Å². The van der Waals surface area contributed by atoms with Crippen LogP contribution < -0.4 is 5.32 Å². The van der Waals surface area contributed by atoms with Crippen LogP contribution in [0, 0.1) is 5.82 Å². The Morgan fingerprint density at radius 3 is 2.38 bits per heavy atom. The highest BCUT2D eigenvalue weighted by molar-refractivity contribution is 5.85. The van der Waals surface area contributed by atoms with Gasteiger partial charge in [0, 0.05) is 26.2 Å². The van der Waals surface area contributed by atoms with E-state index in [0.717, 1.165) is 18.7 Å². The fourth-order valence-corrected chi connectivity index (χ4v) is 3.43. The molecule has 150 valence electrons. The van der Waals surface area contributed by atoms with Gasteiger partial charge in [0.05, 0.1) is 32.0 Å². The van der Waals surface area contributed by atoms with Gasteiger partial charge in [-0.05, 0) is 17.7 Å². The zero-order valence-electron chi connectivity index (χ0n) is 14.4. The van der Waals surface area contributed by atoms with E-state index in [1.54, 1.807) is 12.1 Å². The Hall–Kier alpha value is -0.510. The van der Waals surface area contributed by atoms with Crippen LogP contribution in [0.1, 0.15) is 5.56 Å². The Labute approximate surface area is 165 Å². The molecule has 4 atom stereocenters. The third kappa shape index (κ3) is 5.74. The monoisotopic (exact) mass is 412 g/mol. The van der Waals surface area contributed by atoms with Gasteiger partial charge < -0.3 is 25.0 Å². The molecular formula is C17H27Cl2FN2O4. The summed E-state index contributed by atoms with van der Waals surface area (Å²) in [6.45, 7) is 3.72. The first-order valence-corrected chi connectivity index (χ1v) is 8.40. The predicted octanol–water partition coefficient (Wildman–Crippen LogP) is 0.580. The van der Waals surface area contributed by atoms with E-state index in [4.69, 9.17) is 9.47 Å². The minimum Gasteiger partial charge on any atom is -0.394 e. The average molecular weight is 413 g/mol. The van der Waals surface area contributed by atoms with Crippen molar-refractivity contribution in [3.05, 3.63) is 35.6 Å². The van der Waals surface area contributed by atoms with Gasteiger partial charge in [0.15, 0.2) is 0 Å². The molecule has 0 aliphatic carbocycles. The summed E-state index contributed by atoms with van der Waals surface area (Å²) in [6.07, 6.45) is -1.49. The SMILES string of the molecule is Cl.Cl.OC[C@@H]1O[C@H](CNCc2ccc(F)cc2)[C@H](N2CCOCC2)[C@@H]1O. The van der Waals surface area contributed by atoms with E-state index in [9.17, 15) is 14.6 Å². The van der Waals surface area contributed by atoms with E-state index in [-0.39, 0.29) is 49.4 Å². The maximum Gasteiger partial charge on any atom is 0.123 e. The molecule has 26 heavy (non-hydrogen) atoms. The molecule has 1 aromatic rings. The van der Waals surface area contributed by atoms with Crippen LogP contribution in [0.2, 0.25) is 0 Å². The lowest BCUT2D eigenvalue weighted by Gasteiger charge is -2.36. The molecule has 1 aromatic carbocycles. The van der Waals surface area contributed by atoms with Gasteiger partial charge in [0.25, 0.3) is 0 Å². The first-order valence-electron chi connectivity index (χ1n) is 8.40. The fraction of sp³-hybridized carbons (Fsp3) is 0.647. The van der Waals surface area contributed by atoms with Crippen LogP contribution in [-0.4, -0.2) is 78.9 Å². The molecule has 3 N–H and O–H groups in total. The molecule has 0 radical (unpaired) electrons. The number of hydrogen-bond donors (Lipinski definition) is 3. The summed E-state index contributed by atoms with van der Waals surface area (Å²) >= 11 is 0. The van der Waals surface area contributed by atoms with E-state index in [2.05, 4.69) is 10.2 Å². The Kier molecular flexibility index (Phi) is 10.3. The van der Waals surface area contributed by atoms with Gasteiger partial charge in [-0.15, -0.1) is 24.8 Å². The number of nitrogens with one attached hydrogen (secondary N) is 1. The Morgan fingerprint density at radius 2 is 1.77 bits per heavy atom. The minimum atomic E-state index is -0.717. The summed E-state index contributed by atoms with van der Waals surface area (Å²) in [5.41, 5.74) is 0.983. The molecule has 2 fully saturated rings. The first-order chi connectivity index (χ1) is 11.7. The topological polar surface area (TPSA) is 74.2 Å². The van der Waals surface area contributed by atoms with Crippen molar-refractivity contribution in [3.63, 3.8) is 0 Å². The molecule has 3 rings (SSSR count). The third-order valence-corrected chi connectivity index (χ3v) is 4.70. The van der Waals surface area contributed by atoms with E-state index >= 15 is 0 Å².